The number of urea groups is 1. The molecule has 0 saturated heterocycles. The van der Waals surface area contributed by atoms with E-state index in [9.17, 15) is 24.9 Å². The second kappa shape index (κ2) is 13.3. The van der Waals surface area contributed by atoms with Crippen LogP contribution in [0.25, 0.3) is 17.0 Å². The highest BCUT2D eigenvalue weighted by Crippen LogP contribution is 2.28. The Morgan fingerprint density at radius 1 is 1.16 bits per heavy atom. The Labute approximate surface area is 216 Å². The fraction of sp³-hybridized carbons (Fsp3) is 0.296. The number of carbonyl (C=O) groups excluding carboxylic acids is 2. The summed E-state index contributed by atoms with van der Waals surface area (Å²) in [7, 11) is -1.61. The number of nitriles is 1. The molecule has 10 heteroatoms. The number of rotatable bonds is 11. The average Bonchev–Trinajstić information content (AvgIpc) is 3.32. The maximum Gasteiger partial charge on any atom is 0.453 e. The first-order valence-electron chi connectivity index (χ1n) is 12.2. The van der Waals surface area contributed by atoms with Gasteiger partial charge in [0, 0.05) is 36.9 Å². The molecule has 0 spiro atoms. The number of carbonyl (C=O) groups is 2. The molecule has 3 amide bonds. The number of likely N-dealkylation sites (N-methyl/N-ethyl adjacent to an activating group) is 1. The van der Waals surface area contributed by atoms with E-state index in [0.717, 1.165) is 16.5 Å². The lowest BCUT2D eigenvalue weighted by Gasteiger charge is -2.18. The molecule has 0 unspecified atom stereocenters. The molecule has 37 heavy (non-hydrogen) atoms. The maximum atomic E-state index is 12.6. The molecule has 1 heterocycles. The summed E-state index contributed by atoms with van der Waals surface area (Å²) in [6, 6.07) is 15.6. The number of hydrogen-bond donors (Lipinski definition) is 4. The highest BCUT2D eigenvalue weighted by Gasteiger charge is 2.24. The molecule has 3 rings (SSSR count). The SMILES string of the molecule is CCN(CC)C(=O)C(C#N)=Cc1cccc(CCNC(=O)N[C@@H](CB(O)O)c2coc3ccccc23)c1. The van der Waals surface area contributed by atoms with Crippen molar-refractivity contribution in [1.82, 2.24) is 15.5 Å². The van der Waals surface area contributed by atoms with Gasteiger partial charge in [0.2, 0.25) is 0 Å². The molecule has 0 bridgehead atoms. The number of nitrogens with zero attached hydrogens (tertiary/aromatic N) is 2. The zero-order valence-electron chi connectivity index (χ0n) is 21.0. The molecule has 3 aromatic rings. The highest BCUT2D eigenvalue weighted by atomic mass is 16.4. The lowest BCUT2D eigenvalue weighted by Crippen LogP contribution is -2.40. The van der Waals surface area contributed by atoms with Crippen LogP contribution in [0.3, 0.4) is 0 Å². The molecule has 1 atom stereocenters. The number of fused-ring (bicyclic) bond motifs is 1. The summed E-state index contributed by atoms with van der Waals surface area (Å²) in [5.41, 5.74) is 3.02. The van der Waals surface area contributed by atoms with Crippen molar-refractivity contribution in [2.75, 3.05) is 19.6 Å². The third-order valence-corrected chi connectivity index (χ3v) is 6.00. The molecule has 0 saturated carbocycles. The summed E-state index contributed by atoms with van der Waals surface area (Å²) in [5.74, 6) is -0.302. The quantitative estimate of drug-likeness (QED) is 0.180. The smallest absolute Gasteiger partial charge is 0.453 e. The molecule has 0 fully saturated rings. The van der Waals surface area contributed by atoms with Gasteiger partial charge < -0.3 is 30.0 Å². The van der Waals surface area contributed by atoms with Crippen LogP contribution in [-0.2, 0) is 11.2 Å². The van der Waals surface area contributed by atoms with E-state index < -0.39 is 19.2 Å². The van der Waals surface area contributed by atoms with Gasteiger partial charge in [-0.15, -0.1) is 0 Å². The van der Waals surface area contributed by atoms with E-state index in [1.54, 1.807) is 17.0 Å². The molecular weight excluding hydrogens is 471 g/mol. The van der Waals surface area contributed by atoms with Gasteiger partial charge in [0.1, 0.15) is 17.2 Å². The molecule has 192 valence electrons. The Kier molecular flexibility index (Phi) is 9.89. The van der Waals surface area contributed by atoms with Gasteiger partial charge in [-0.2, -0.15) is 5.26 Å². The van der Waals surface area contributed by atoms with Gasteiger partial charge in [0.25, 0.3) is 5.91 Å². The first-order chi connectivity index (χ1) is 17.9. The number of para-hydroxylation sites is 1. The van der Waals surface area contributed by atoms with Crippen LogP contribution in [0.4, 0.5) is 4.79 Å². The minimum absolute atomic E-state index is 0.0715. The summed E-state index contributed by atoms with van der Waals surface area (Å²) in [6.07, 6.45) is 3.50. The third kappa shape index (κ3) is 7.46. The van der Waals surface area contributed by atoms with Crippen molar-refractivity contribution in [2.45, 2.75) is 32.6 Å². The molecule has 2 aromatic carbocycles. The molecule has 0 aliphatic heterocycles. The second-order valence-corrected chi connectivity index (χ2v) is 8.50. The van der Waals surface area contributed by atoms with Crippen molar-refractivity contribution in [1.29, 1.82) is 5.26 Å². The van der Waals surface area contributed by atoms with Gasteiger partial charge >= 0.3 is 13.1 Å². The van der Waals surface area contributed by atoms with Gasteiger partial charge in [-0.05, 0) is 43.5 Å². The minimum atomic E-state index is -1.61. The highest BCUT2D eigenvalue weighted by molar-refractivity contribution is 6.41. The second-order valence-electron chi connectivity index (χ2n) is 8.50. The zero-order chi connectivity index (χ0) is 26.8. The molecule has 9 nitrogen and oxygen atoms in total. The Morgan fingerprint density at radius 3 is 2.62 bits per heavy atom. The van der Waals surface area contributed by atoms with E-state index >= 15 is 0 Å². The number of furan rings is 1. The molecule has 0 aliphatic rings. The van der Waals surface area contributed by atoms with E-state index in [1.165, 1.54) is 6.26 Å². The third-order valence-electron chi connectivity index (χ3n) is 6.00. The summed E-state index contributed by atoms with van der Waals surface area (Å²) in [4.78, 5) is 26.7. The molecular formula is C27H31BN4O5. The van der Waals surface area contributed by atoms with Crippen molar-refractivity contribution in [3.05, 3.63) is 77.1 Å². The lowest BCUT2D eigenvalue weighted by molar-refractivity contribution is -0.126. The molecule has 0 aliphatic carbocycles. The van der Waals surface area contributed by atoms with Crippen molar-refractivity contribution in [3.8, 4) is 6.07 Å². The van der Waals surface area contributed by atoms with Crippen LogP contribution < -0.4 is 10.6 Å². The summed E-state index contributed by atoms with van der Waals surface area (Å²) in [6.45, 7) is 5.11. The number of hydrogen-bond acceptors (Lipinski definition) is 6. The summed E-state index contributed by atoms with van der Waals surface area (Å²) < 4.78 is 5.54. The summed E-state index contributed by atoms with van der Waals surface area (Å²) in [5, 5.41) is 34.9. The van der Waals surface area contributed by atoms with Crippen LogP contribution in [0.2, 0.25) is 6.32 Å². The van der Waals surface area contributed by atoms with Gasteiger partial charge in [0.05, 0.1) is 12.3 Å². The Balaban J connectivity index is 1.62. The van der Waals surface area contributed by atoms with Crippen LogP contribution >= 0.6 is 0 Å². The first-order valence-corrected chi connectivity index (χ1v) is 12.2. The Bertz CT molecular complexity index is 1290. The van der Waals surface area contributed by atoms with E-state index in [4.69, 9.17) is 4.42 Å². The molecule has 0 radical (unpaired) electrons. The number of amides is 3. The van der Waals surface area contributed by atoms with Gasteiger partial charge in [-0.3, -0.25) is 4.79 Å². The predicted octanol–water partition coefficient (Wildman–Crippen LogP) is 3.26. The van der Waals surface area contributed by atoms with Crippen molar-refractivity contribution < 1.29 is 24.1 Å². The number of nitrogens with one attached hydrogen (secondary N) is 2. The van der Waals surface area contributed by atoms with Crippen molar-refractivity contribution >= 4 is 36.1 Å². The topological polar surface area (TPSA) is 139 Å². The van der Waals surface area contributed by atoms with E-state index in [-0.39, 0.29) is 17.8 Å². The minimum Gasteiger partial charge on any atom is -0.464 e. The van der Waals surface area contributed by atoms with Crippen LogP contribution in [0.5, 0.6) is 0 Å². The standard InChI is InChI=1S/C27H31BN4O5/c1-3-32(4-2)26(33)21(17-29)15-20-9-7-8-19(14-20)12-13-30-27(34)31-24(16-28(35)36)23-18-37-25-11-6-5-10-22(23)25/h5-11,14-15,18,24,35-36H,3-4,12-13,16H2,1-2H3,(H2,30,31,34)/t24-/m0/s1. The van der Waals surface area contributed by atoms with Crippen LogP contribution in [0.15, 0.2) is 64.8 Å². The Morgan fingerprint density at radius 2 is 1.92 bits per heavy atom. The fourth-order valence-corrected chi connectivity index (χ4v) is 4.10. The maximum absolute atomic E-state index is 12.6. The van der Waals surface area contributed by atoms with E-state index in [1.807, 2.05) is 62.4 Å². The van der Waals surface area contributed by atoms with Gasteiger partial charge in [-0.25, -0.2) is 4.79 Å². The van der Waals surface area contributed by atoms with Gasteiger partial charge in [-0.1, -0.05) is 42.5 Å². The normalized spacial score (nSPS) is 12.0. The predicted molar refractivity (Wildman–Crippen MR) is 142 cm³/mol. The van der Waals surface area contributed by atoms with Crippen LogP contribution in [-0.4, -0.2) is 53.6 Å². The summed E-state index contributed by atoms with van der Waals surface area (Å²) >= 11 is 0. The van der Waals surface area contributed by atoms with Gasteiger partial charge in [0.15, 0.2) is 0 Å². The molecule has 4 N–H and O–H groups in total. The van der Waals surface area contributed by atoms with Crippen LogP contribution in [0, 0.1) is 11.3 Å². The largest absolute Gasteiger partial charge is 0.464 e. The lowest BCUT2D eigenvalue weighted by atomic mass is 9.79. The van der Waals surface area contributed by atoms with E-state index in [0.29, 0.717) is 37.2 Å². The van der Waals surface area contributed by atoms with E-state index in [2.05, 4.69) is 10.6 Å². The van der Waals surface area contributed by atoms with Crippen molar-refractivity contribution in [3.63, 3.8) is 0 Å². The molecule has 1 aromatic heterocycles. The monoisotopic (exact) mass is 502 g/mol. The average molecular weight is 502 g/mol. The fourth-order valence-electron chi connectivity index (χ4n) is 4.10. The number of benzene rings is 2. The zero-order valence-corrected chi connectivity index (χ0v) is 21.0. The van der Waals surface area contributed by atoms with Crippen molar-refractivity contribution in [2.24, 2.45) is 0 Å². The van der Waals surface area contributed by atoms with Crippen LogP contribution in [0.1, 0.15) is 36.6 Å². The first kappa shape index (κ1) is 27.5. The Hall–Kier alpha value is -4.07.